The van der Waals surface area contributed by atoms with Crippen LogP contribution in [0.15, 0.2) is 59.3 Å². The molecule has 0 saturated carbocycles. The second-order valence-corrected chi connectivity index (χ2v) is 5.24. The van der Waals surface area contributed by atoms with Crippen LogP contribution >= 0.6 is 15.9 Å². The summed E-state index contributed by atoms with van der Waals surface area (Å²) >= 11 is 3.43. The molecule has 0 spiro atoms. The molecular weight excluding hydrogens is 332 g/mol. The van der Waals surface area contributed by atoms with E-state index < -0.39 is 0 Å². The molecule has 0 radical (unpaired) electrons. The summed E-state index contributed by atoms with van der Waals surface area (Å²) in [6.45, 7) is 0. The van der Waals surface area contributed by atoms with Crippen LogP contribution in [-0.2, 0) is 0 Å². The first-order valence-electron chi connectivity index (χ1n) is 6.25. The fourth-order valence-electron chi connectivity index (χ4n) is 1.95. The fourth-order valence-corrected chi connectivity index (χ4v) is 2.47. The van der Waals surface area contributed by atoms with Crippen molar-refractivity contribution in [2.45, 2.75) is 0 Å². The Kier molecular flexibility index (Phi) is 3.58. The van der Waals surface area contributed by atoms with E-state index in [9.17, 15) is 10.2 Å². The molecule has 1 heterocycles. The zero-order chi connectivity index (χ0) is 14.8. The standard InChI is InChI=1S/C16H11BrN2O2/c17-16-15(11-3-7-13(21)8-4-11)18-9-14(19-16)10-1-5-12(20)6-2-10/h1-9,20-21H. The summed E-state index contributed by atoms with van der Waals surface area (Å²) in [6.07, 6.45) is 1.68. The first-order valence-corrected chi connectivity index (χ1v) is 7.04. The van der Waals surface area contributed by atoms with E-state index in [2.05, 4.69) is 25.9 Å². The maximum absolute atomic E-state index is 9.32. The zero-order valence-electron chi connectivity index (χ0n) is 10.9. The average molecular weight is 343 g/mol. The van der Waals surface area contributed by atoms with Crippen LogP contribution < -0.4 is 0 Å². The van der Waals surface area contributed by atoms with Gasteiger partial charge in [0.1, 0.15) is 21.8 Å². The summed E-state index contributed by atoms with van der Waals surface area (Å²) in [5, 5.41) is 18.6. The van der Waals surface area contributed by atoms with Crippen LogP contribution in [0.2, 0.25) is 0 Å². The summed E-state index contributed by atoms with van der Waals surface area (Å²) in [7, 11) is 0. The van der Waals surface area contributed by atoms with E-state index in [1.54, 1.807) is 54.7 Å². The molecule has 0 fully saturated rings. The Bertz CT molecular complexity index is 771. The smallest absolute Gasteiger partial charge is 0.133 e. The third-order valence-electron chi connectivity index (χ3n) is 3.03. The van der Waals surface area contributed by atoms with E-state index in [1.165, 1.54) is 0 Å². The molecule has 3 aromatic rings. The Morgan fingerprint density at radius 3 is 1.81 bits per heavy atom. The van der Waals surface area contributed by atoms with E-state index in [1.807, 2.05) is 0 Å². The molecule has 5 heteroatoms. The molecule has 0 aliphatic rings. The number of benzene rings is 2. The Hall–Kier alpha value is -2.40. The van der Waals surface area contributed by atoms with Gasteiger partial charge in [-0.15, -0.1) is 0 Å². The lowest BCUT2D eigenvalue weighted by atomic mass is 10.1. The predicted molar refractivity (Wildman–Crippen MR) is 83.9 cm³/mol. The highest BCUT2D eigenvalue weighted by Crippen LogP contribution is 2.28. The second kappa shape index (κ2) is 5.54. The third kappa shape index (κ3) is 2.87. The highest BCUT2D eigenvalue weighted by atomic mass is 79.9. The highest BCUT2D eigenvalue weighted by molar-refractivity contribution is 9.10. The number of aromatic hydroxyl groups is 2. The number of phenolic OH excluding ortho intramolecular Hbond substituents is 2. The van der Waals surface area contributed by atoms with Crippen molar-refractivity contribution in [3.05, 3.63) is 59.3 Å². The van der Waals surface area contributed by atoms with Crippen molar-refractivity contribution in [1.82, 2.24) is 9.97 Å². The molecule has 1 aromatic heterocycles. The third-order valence-corrected chi connectivity index (χ3v) is 3.59. The van der Waals surface area contributed by atoms with Crippen molar-refractivity contribution in [2.75, 3.05) is 0 Å². The number of phenols is 2. The van der Waals surface area contributed by atoms with E-state index in [-0.39, 0.29) is 11.5 Å². The summed E-state index contributed by atoms with van der Waals surface area (Å²) in [4.78, 5) is 8.91. The minimum Gasteiger partial charge on any atom is -0.508 e. The number of hydrogen-bond donors (Lipinski definition) is 2. The molecule has 0 bridgehead atoms. The predicted octanol–water partition coefficient (Wildman–Crippen LogP) is 3.98. The molecule has 2 N–H and O–H groups in total. The van der Waals surface area contributed by atoms with Crippen molar-refractivity contribution in [2.24, 2.45) is 0 Å². The minimum atomic E-state index is 0.212. The van der Waals surface area contributed by atoms with E-state index in [0.29, 0.717) is 16.0 Å². The van der Waals surface area contributed by atoms with Crippen molar-refractivity contribution in [1.29, 1.82) is 0 Å². The molecular formula is C16H11BrN2O2. The monoisotopic (exact) mass is 342 g/mol. The van der Waals surface area contributed by atoms with Gasteiger partial charge in [-0.05, 0) is 64.5 Å². The Labute approximate surface area is 129 Å². The van der Waals surface area contributed by atoms with Crippen LogP contribution in [0.1, 0.15) is 0 Å². The molecule has 3 rings (SSSR count). The van der Waals surface area contributed by atoms with Crippen molar-refractivity contribution in [3.63, 3.8) is 0 Å². The molecule has 0 atom stereocenters. The molecule has 4 nitrogen and oxygen atoms in total. The lowest BCUT2D eigenvalue weighted by Crippen LogP contribution is -1.92. The number of rotatable bonds is 2. The molecule has 0 aliphatic carbocycles. The van der Waals surface area contributed by atoms with Crippen molar-refractivity contribution in [3.8, 4) is 34.0 Å². The first-order chi connectivity index (χ1) is 10.1. The van der Waals surface area contributed by atoms with Gasteiger partial charge >= 0.3 is 0 Å². The zero-order valence-corrected chi connectivity index (χ0v) is 12.4. The number of hydrogen-bond acceptors (Lipinski definition) is 4. The maximum Gasteiger partial charge on any atom is 0.133 e. The lowest BCUT2D eigenvalue weighted by molar-refractivity contribution is 0.475. The topological polar surface area (TPSA) is 66.2 Å². The molecule has 0 saturated heterocycles. The lowest BCUT2D eigenvalue weighted by Gasteiger charge is -2.06. The first kappa shape index (κ1) is 13.6. The van der Waals surface area contributed by atoms with Crippen molar-refractivity contribution >= 4 is 15.9 Å². The second-order valence-electron chi connectivity index (χ2n) is 4.49. The number of aromatic nitrogens is 2. The Morgan fingerprint density at radius 2 is 1.29 bits per heavy atom. The normalized spacial score (nSPS) is 10.5. The molecule has 0 aliphatic heterocycles. The largest absolute Gasteiger partial charge is 0.508 e. The van der Waals surface area contributed by atoms with E-state index >= 15 is 0 Å². The van der Waals surface area contributed by atoms with Crippen LogP contribution in [-0.4, -0.2) is 20.2 Å². The summed E-state index contributed by atoms with van der Waals surface area (Å²) < 4.78 is 0.624. The van der Waals surface area contributed by atoms with Crippen LogP contribution in [0.4, 0.5) is 0 Å². The SMILES string of the molecule is Oc1ccc(-c2cnc(-c3ccc(O)cc3)c(Br)n2)cc1. The van der Waals surface area contributed by atoms with Crippen LogP contribution in [0.5, 0.6) is 11.5 Å². The quantitative estimate of drug-likeness (QED) is 0.739. The van der Waals surface area contributed by atoms with Crippen molar-refractivity contribution < 1.29 is 10.2 Å². The number of halogens is 1. The van der Waals surface area contributed by atoms with Gasteiger partial charge in [0.15, 0.2) is 0 Å². The van der Waals surface area contributed by atoms with Gasteiger partial charge in [0.2, 0.25) is 0 Å². The van der Waals surface area contributed by atoms with Crippen LogP contribution in [0.3, 0.4) is 0 Å². The van der Waals surface area contributed by atoms with Gasteiger partial charge in [-0.3, -0.25) is 4.98 Å². The van der Waals surface area contributed by atoms with Crippen LogP contribution in [0, 0.1) is 0 Å². The van der Waals surface area contributed by atoms with Gasteiger partial charge in [0, 0.05) is 11.1 Å². The highest BCUT2D eigenvalue weighted by Gasteiger charge is 2.09. The van der Waals surface area contributed by atoms with Gasteiger partial charge in [-0.1, -0.05) is 0 Å². The van der Waals surface area contributed by atoms with Gasteiger partial charge in [0.05, 0.1) is 11.9 Å². The summed E-state index contributed by atoms with van der Waals surface area (Å²) in [6, 6.07) is 13.6. The van der Waals surface area contributed by atoms with Gasteiger partial charge in [-0.25, -0.2) is 4.98 Å². The van der Waals surface area contributed by atoms with Gasteiger partial charge in [-0.2, -0.15) is 0 Å². The molecule has 21 heavy (non-hydrogen) atoms. The Morgan fingerprint density at radius 1 is 0.762 bits per heavy atom. The van der Waals surface area contributed by atoms with Gasteiger partial charge in [0.25, 0.3) is 0 Å². The van der Waals surface area contributed by atoms with Gasteiger partial charge < -0.3 is 10.2 Å². The van der Waals surface area contributed by atoms with Crippen LogP contribution in [0.25, 0.3) is 22.5 Å². The maximum atomic E-state index is 9.32. The Balaban J connectivity index is 1.99. The molecule has 0 amide bonds. The average Bonchev–Trinajstić information content (AvgIpc) is 2.49. The molecule has 104 valence electrons. The summed E-state index contributed by atoms with van der Waals surface area (Å²) in [5.74, 6) is 0.426. The fraction of sp³-hybridized carbons (Fsp3) is 0. The van der Waals surface area contributed by atoms with E-state index in [4.69, 9.17) is 0 Å². The van der Waals surface area contributed by atoms with E-state index in [0.717, 1.165) is 11.1 Å². The summed E-state index contributed by atoms with van der Waals surface area (Å²) in [5.41, 5.74) is 3.16. The minimum absolute atomic E-state index is 0.212. The molecule has 2 aromatic carbocycles. The number of nitrogens with zero attached hydrogens (tertiary/aromatic N) is 2. The molecule has 0 unspecified atom stereocenters.